The van der Waals surface area contributed by atoms with E-state index in [1.165, 1.54) is 12.3 Å². The number of fused-ring (bicyclic) bond motifs is 1. The first kappa shape index (κ1) is 20.8. The van der Waals surface area contributed by atoms with E-state index in [4.69, 9.17) is 9.47 Å². The zero-order valence-corrected chi connectivity index (χ0v) is 16.8. The quantitative estimate of drug-likeness (QED) is 0.627. The molecule has 3 heterocycles. The van der Waals surface area contributed by atoms with Crippen LogP contribution in [0.2, 0.25) is 0 Å². The molecule has 1 aliphatic rings. The van der Waals surface area contributed by atoms with Crippen LogP contribution in [0.4, 0.5) is 18.9 Å². The Labute approximate surface area is 176 Å². The average Bonchev–Trinajstić information content (AvgIpc) is 2.95. The van der Waals surface area contributed by atoms with Crippen LogP contribution in [-0.4, -0.2) is 40.8 Å². The second-order valence-corrected chi connectivity index (χ2v) is 7.03. The number of ether oxygens (including phenoxy) is 3. The highest BCUT2D eigenvalue weighted by molar-refractivity contribution is 5.67. The lowest BCUT2D eigenvalue weighted by Gasteiger charge is -2.11. The van der Waals surface area contributed by atoms with Crippen LogP contribution < -0.4 is 19.5 Å². The van der Waals surface area contributed by atoms with Crippen molar-refractivity contribution >= 4 is 5.69 Å². The van der Waals surface area contributed by atoms with Gasteiger partial charge in [-0.2, -0.15) is 18.3 Å². The van der Waals surface area contributed by atoms with E-state index in [0.29, 0.717) is 31.2 Å². The molecule has 1 aliphatic heterocycles. The van der Waals surface area contributed by atoms with Crippen LogP contribution in [-0.2, 0) is 13.6 Å². The summed E-state index contributed by atoms with van der Waals surface area (Å²) >= 11 is 0. The van der Waals surface area contributed by atoms with Gasteiger partial charge in [0.1, 0.15) is 0 Å². The maximum atomic E-state index is 12.2. The number of benzene rings is 1. The highest BCUT2D eigenvalue weighted by atomic mass is 19.4. The summed E-state index contributed by atoms with van der Waals surface area (Å²) in [5.41, 5.74) is 3.28. The number of hydrogen-bond acceptors (Lipinski definition) is 6. The lowest BCUT2D eigenvalue weighted by atomic mass is 10.1. The van der Waals surface area contributed by atoms with Gasteiger partial charge in [-0.05, 0) is 24.3 Å². The van der Waals surface area contributed by atoms with E-state index in [1.54, 1.807) is 10.7 Å². The number of anilines is 1. The fourth-order valence-electron chi connectivity index (χ4n) is 3.14. The van der Waals surface area contributed by atoms with E-state index in [9.17, 15) is 13.2 Å². The number of nitrogens with one attached hydrogen (secondary N) is 1. The Morgan fingerprint density at radius 2 is 1.94 bits per heavy atom. The van der Waals surface area contributed by atoms with Crippen molar-refractivity contribution in [1.82, 2.24) is 14.8 Å². The zero-order valence-electron chi connectivity index (χ0n) is 16.8. The SMILES string of the molecule is Cn1cc(CNc2ccc(OCC(F)(F)F)nc2)c(-c2ccc3c(c2)OCCCO3)n1. The van der Waals surface area contributed by atoms with E-state index in [-0.39, 0.29) is 5.88 Å². The maximum absolute atomic E-state index is 12.2. The number of nitrogens with zero attached hydrogens (tertiary/aromatic N) is 3. The molecule has 0 radical (unpaired) electrons. The van der Waals surface area contributed by atoms with Gasteiger partial charge in [0.25, 0.3) is 0 Å². The molecule has 0 saturated carbocycles. The molecule has 2 aromatic heterocycles. The van der Waals surface area contributed by atoms with Gasteiger partial charge < -0.3 is 19.5 Å². The van der Waals surface area contributed by atoms with E-state index >= 15 is 0 Å². The van der Waals surface area contributed by atoms with Gasteiger partial charge in [-0.15, -0.1) is 0 Å². The number of pyridine rings is 1. The summed E-state index contributed by atoms with van der Waals surface area (Å²) in [5, 5.41) is 7.77. The number of hydrogen-bond donors (Lipinski definition) is 1. The molecular formula is C21H21F3N4O3. The highest BCUT2D eigenvalue weighted by Gasteiger charge is 2.28. The van der Waals surface area contributed by atoms with Crippen molar-refractivity contribution in [3.63, 3.8) is 0 Å². The lowest BCUT2D eigenvalue weighted by Crippen LogP contribution is -2.19. The highest BCUT2D eigenvalue weighted by Crippen LogP contribution is 2.35. The summed E-state index contributed by atoms with van der Waals surface area (Å²) in [4.78, 5) is 3.90. The summed E-state index contributed by atoms with van der Waals surface area (Å²) in [6.07, 6.45) is -0.242. The fraction of sp³-hybridized carbons (Fsp3) is 0.333. The predicted octanol–water partition coefficient (Wildman–Crippen LogP) is 4.20. The first-order valence-corrected chi connectivity index (χ1v) is 9.69. The third kappa shape index (κ3) is 5.39. The molecule has 0 unspecified atom stereocenters. The average molecular weight is 434 g/mol. The van der Waals surface area contributed by atoms with Crippen LogP contribution in [0.1, 0.15) is 12.0 Å². The molecule has 0 spiro atoms. The molecule has 0 bridgehead atoms. The minimum Gasteiger partial charge on any atom is -0.490 e. The van der Waals surface area contributed by atoms with Crippen molar-refractivity contribution in [2.45, 2.75) is 19.1 Å². The smallest absolute Gasteiger partial charge is 0.422 e. The molecular weight excluding hydrogens is 413 g/mol. The summed E-state index contributed by atoms with van der Waals surface area (Å²) in [6, 6.07) is 8.74. The molecule has 3 aromatic rings. The summed E-state index contributed by atoms with van der Waals surface area (Å²) in [7, 11) is 1.84. The summed E-state index contributed by atoms with van der Waals surface area (Å²) in [6.45, 7) is 0.297. The van der Waals surface area contributed by atoms with Gasteiger partial charge in [-0.25, -0.2) is 4.98 Å². The van der Waals surface area contributed by atoms with Gasteiger partial charge in [-0.1, -0.05) is 0 Å². The zero-order chi connectivity index (χ0) is 21.8. The fourth-order valence-corrected chi connectivity index (χ4v) is 3.14. The minimum atomic E-state index is -4.40. The second kappa shape index (κ2) is 8.75. The molecule has 10 heteroatoms. The Kier molecular flexibility index (Phi) is 5.88. The van der Waals surface area contributed by atoms with Gasteiger partial charge in [0, 0.05) is 43.4 Å². The summed E-state index contributed by atoms with van der Waals surface area (Å²) in [5.74, 6) is 1.33. The first-order chi connectivity index (χ1) is 14.9. The standard InChI is InChI=1S/C21H21F3N4O3/c1-28-12-15(10-25-16-4-6-19(26-11-16)31-13-21(22,23)24)20(27-28)14-3-5-17-18(9-14)30-8-2-7-29-17/h3-6,9,11-12,25H,2,7-8,10,13H2,1H3. The molecule has 1 N–H and O–H groups in total. The van der Waals surface area contributed by atoms with Gasteiger partial charge >= 0.3 is 6.18 Å². The van der Waals surface area contributed by atoms with E-state index < -0.39 is 12.8 Å². The molecule has 7 nitrogen and oxygen atoms in total. The predicted molar refractivity (Wildman–Crippen MR) is 107 cm³/mol. The third-order valence-electron chi connectivity index (χ3n) is 4.53. The molecule has 164 valence electrons. The Morgan fingerprint density at radius 3 is 2.68 bits per heavy atom. The van der Waals surface area contributed by atoms with Crippen LogP contribution in [0, 0.1) is 0 Å². The largest absolute Gasteiger partial charge is 0.490 e. The van der Waals surface area contributed by atoms with Crippen LogP contribution >= 0.6 is 0 Å². The van der Waals surface area contributed by atoms with Crippen LogP contribution in [0.25, 0.3) is 11.3 Å². The maximum Gasteiger partial charge on any atom is 0.422 e. The van der Waals surface area contributed by atoms with Crippen LogP contribution in [0.15, 0.2) is 42.7 Å². The number of rotatable bonds is 6. The lowest BCUT2D eigenvalue weighted by molar-refractivity contribution is -0.154. The number of aromatic nitrogens is 3. The Balaban J connectivity index is 1.45. The van der Waals surface area contributed by atoms with Crippen LogP contribution in [0.3, 0.4) is 0 Å². The second-order valence-electron chi connectivity index (χ2n) is 7.03. The van der Waals surface area contributed by atoms with Gasteiger partial charge in [0.05, 0.1) is 30.8 Å². The molecule has 0 atom stereocenters. The molecule has 0 amide bonds. The monoisotopic (exact) mass is 434 g/mol. The van der Waals surface area contributed by atoms with Gasteiger partial charge in [0.15, 0.2) is 18.1 Å². The van der Waals surface area contributed by atoms with Crippen molar-refractivity contribution in [1.29, 1.82) is 0 Å². The Hall–Kier alpha value is -3.43. The summed E-state index contributed by atoms with van der Waals surface area (Å²) < 4.78 is 54.5. The Morgan fingerprint density at radius 1 is 1.13 bits per heavy atom. The number of halogens is 3. The van der Waals surface area contributed by atoms with Gasteiger partial charge in [0.2, 0.25) is 5.88 Å². The molecule has 4 rings (SSSR count). The first-order valence-electron chi connectivity index (χ1n) is 9.69. The van der Waals surface area contributed by atoms with E-state index in [0.717, 1.165) is 29.0 Å². The molecule has 0 aliphatic carbocycles. The molecule has 1 aromatic carbocycles. The third-order valence-corrected chi connectivity index (χ3v) is 4.53. The Bertz CT molecular complexity index is 1040. The molecule has 0 fully saturated rings. The normalized spacial score (nSPS) is 13.5. The van der Waals surface area contributed by atoms with Crippen molar-refractivity contribution < 1.29 is 27.4 Å². The van der Waals surface area contributed by atoms with Gasteiger partial charge in [-0.3, -0.25) is 4.68 Å². The molecule has 31 heavy (non-hydrogen) atoms. The van der Waals surface area contributed by atoms with E-state index in [2.05, 4.69) is 20.1 Å². The number of aryl methyl sites for hydroxylation is 1. The minimum absolute atomic E-state index is 0.0860. The van der Waals surface area contributed by atoms with Crippen molar-refractivity contribution in [2.24, 2.45) is 7.05 Å². The number of alkyl halides is 3. The van der Waals surface area contributed by atoms with Crippen molar-refractivity contribution in [3.8, 4) is 28.6 Å². The molecule has 0 saturated heterocycles. The van der Waals surface area contributed by atoms with Crippen LogP contribution in [0.5, 0.6) is 17.4 Å². The van der Waals surface area contributed by atoms with Crippen molar-refractivity contribution in [2.75, 3.05) is 25.1 Å². The van der Waals surface area contributed by atoms with Crippen molar-refractivity contribution in [3.05, 3.63) is 48.3 Å². The topological polar surface area (TPSA) is 70.4 Å². The van der Waals surface area contributed by atoms with E-state index in [1.807, 2.05) is 31.4 Å².